The van der Waals surface area contributed by atoms with Gasteiger partial charge in [-0.25, -0.2) is 0 Å². The van der Waals surface area contributed by atoms with Crippen LogP contribution in [-0.4, -0.2) is 19.3 Å². The molecule has 0 saturated heterocycles. The Hall–Kier alpha value is -2.27. The van der Waals surface area contributed by atoms with E-state index in [-0.39, 0.29) is 0 Å². The summed E-state index contributed by atoms with van der Waals surface area (Å²) in [5, 5.41) is 6.72. The van der Waals surface area contributed by atoms with Crippen molar-refractivity contribution in [3.63, 3.8) is 0 Å². The second-order valence-electron chi connectivity index (χ2n) is 4.04. The first-order chi connectivity index (χ1) is 9.71. The third-order valence-corrected chi connectivity index (χ3v) is 2.88. The SMILES string of the molecule is COc1ccc(NC(=S)Nc2cccc(OC)c2)cc1. The number of anilines is 2. The highest BCUT2D eigenvalue weighted by Gasteiger charge is 2.00. The van der Waals surface area contributed by atoms with Crippen LogP contribution >= 0.6 is 12.2 Å². The van der Waals surface area contributed by atoms with Gasteiger partial charge in [-0.3, -0.25) is 0 Å². The van der Waals surface area contributed by atoms with Crippen LogP contribution in [-0.2, 0) is 0 Å². The molecule has 5 heteroatoms. The minimum atomic E-state index is 0.517. The summed E-state index contributed by atoms with van der Waals surface area (Å²) >= 11 is 5.26. The first-order valence-electron chi connectivity index (χ1n) is 6.07. The third-order valence-electron chi connectivity index (χ3n) is 2.68. The molecule has 0 atom stereocenters. The van der Waals surface area contributed by atoms with Gasteiger partial charge >= 0.3 is 0 Å². The number of rotatable bonds is 4. The maximum Gasteiger partial charge on any atom is 0.175 e. The van der Waals surface area contributed by atoms with E-state index in [1.807, 2.05) is 48.5 Å². The van der Waals surface area contributed by atoms with Crippen molar-refractivity contribution in [2.24, 2.45) is 0 Å². The zero-order chi connectivity index (χ0) is 14.4. The fraction of sp³-hybridized carbons (Fsp3) is 0.133. The quantitative estimate of drug-likeness (QED) is 0.843. The van der Waals surface area contributed by atoms with Gasteiger partial charge < -0.3 is 20.1 Å². The zero-order valence-electron chi connectivity index (χ0n) is 11.3. The minimum absolute atomic E-state index is 0.517. The lowest BCUT2D eigenvalue weighted by Gasteiger charge is -2.11. The van der Waals surface area contributed by atoms with E-state index in [9.17, 15) is 0 Å². The van der Waals surface area contributed by atoms with Crippen molar-refractivity contribution < 1.29 is 9.47 Å². The van der Waals surface area contributed by atoms with E-state index in [1.165, 1.54) is 0 Å². The average molecular weight is 288 g/mol. The Labute approximate surface area is 123 Å². The first-order valence-corrected chi connectivity index (χ1v) is 6.48. The number of thiocarbonyl (C=S) groups is 1. The number of hydrogen-bond acceptors (Lipinski definition) is 3. The molecule has 0 saturated carbocycles. The third kappa shape index (κ3) is 3.86. The second kappa shape index (κ2) is 6.77. The highest BCUT2D eigenvalue weighted by molar-refractivity contribution is 7.80. The molecule has 2 aromatic carbocycles. The van der Waals surface area contributed by atoms with Gasteiger partial charge in [0.25, 0.3) is 0 Å². The van der Waals surface area contributed by atoms with Crippen LogP contribution in [0.2, 0.25) is 0 Å². The van der Waals surface area contributed by atoms with Crippen LogP contribution in [0.3, 0.4) is 0 Å². The van der Waals surface area contributed by atoms with Crippen LogP contribution in [0.25, 0.3) is 0 Å². The number of methoxy groups -OCH3 is 2. The molecule has 0 aliphatic rings. The molecular formula is C15H16N2O2S. The van der Waals surface area contributed by atoms with Gasteiger partial charge in [-0.15, -0.1) is 0 Å². The van der Waals surface area contributed by atoms with Crippen LogP contribution in [0.5, 0.6) is 11.5 Å². The summed E-state index contributed by atoms with van der Waals surface area (Å²) in [5.74, 6) is 1.59. The van der Waals surface area contributed by atoms with Gasteiger partial charge in [-0.1, -0.05) is 6.07 Å². The van der Waals surface area contributed by atoms with Crippen molar-refractivity contribution in [3.8, 4) is 11.5 Å². The lowest BCUT2D eigenvalue weighted by molar-refractivity contribution is 0.415. The molecule has 2 N–H and O–H groups in total. The van der Waals surface area contributed by atoms with Crippen LogP contribution < -0.4 is 20.1 Å². The topological polar surface area (TPSA) is 42.5 Å². The minimum Gasteiger partial charge on any atom is -0.497 e. The van der Waals surface area contributed by atoms with Gasteiger partial charge in [0.1, 0.15) is 11.5 Å². The summed E-state index contributed by atoms with van der Waals surface area (Å²) in [4.78, 5) is 0. The molecule has 0 spiro atoms. The lowest BCUT2D eigenvalue weighted by atomic mass is 10.3. The van der Waals surface area contributed by atoms with Crippen molar-refractivity contribution in [1.29, 1.82) is 0 Å². The Morgan fingerprint density at radius 3 is 2.15 bits per heavy atom. The molecular weight excluding hydrogens is 272 g/mol. The molecule has 0 amide bonds. The molecule has 4 nitrogen and oxygen atoms in total. The number of ether oxygens (including phenoxy) is 2. The van der Waals surface area contributed by atoms with Gasteiger partial charge in [-0.2, -0.15) is 0 Å². The molecule has 0 unspecified atom stereocenters. The highest BCUT2D eigenvalue weighted by atomic mass is 32.1. The molecule has 0 heterocycles. The maximum atomic E-state index is 5.26. The first kappa shape index (κ1) is 14.1. The average Bonchev–Trinajstić information content (AvgIpc) is 2.48. The van der Waals surface area contributed by atoms with Crippen molar-refractivity contribution in [2.45, 2.75) is 0 Å². The monoisotopic (exact) mass is 288 g/mol. The number of nitrogens with one attached hydrogen (secondary N) is 2. The van der Waals surface area contributed by atoms with E-state index in [1.54, 1.807) is 14.2 Å². The van der Waals surface area contributed by atoms with Crippen LogP contribution in [0, 0.1) is 0 Å². The van der Waals surface area contributed by atoms with E-state index in [0.717, 1.165) is 22.9 Å². The Balaban J connectivity index is 1.97. The van der Waals surface area contributed by atoms with Crippen LogP contribution in [0.1, 0.15) is 0 Å². The van der Waals surface area contributed by atoms with Crippen molar-refractivity contribution >= 4 is 28.7 Å². The van der Waals surface area contributed by atoms with Crippen molar-refractivity contribution in [1.82, 2.24) is 0 Å². The van der Waals surface area contributed by atoms with E-state index < -0.39 is 0 Å². The Bertz CT molecular complexity index is 585. The summed E-state index contributed by atoms with van der Waals surface area (Å²) in [6.45, 7) is 0. The smallest absolute Gasteiger partial charge is 0.175 e. The van der Waals surface area contributed by atoms with E-state index in [0.29, 0.717) is 5.11 Å². The normalized spacial score (nSPS) is 9.70. The summed E-state index contributed by atoms with van der Waals surface area (Å²) in [7, 11) is 3.27. The Kier molecular flexibility index (Phi) is 4.79. The molecule has 0 aliphatic carbocycles. The molecule has 0 radical (unpaired) electrons. The predicted molar refractivity (Wildman–Crippen MR) is 85.8 cm³/mol. The number of hydrogen-bond donors (Lipinski definition) is 2. The molecule has 0 aromatic heterocycles. The van der Waals surface area contributed by atoms with Gasteiger partial charge in [0.05, 0.1) is 14.2 Å². The predicted octanol–water partition coefficient (Wildman–Crippen LogP) is 3.51. The fourth-order valence-electron chi connectivity index (χ4n) is 1.67. The molecule has 2 aromatic rings. The summed E-state index contributed by atoms with van der Waals surface area (Å²) in [5.41, 5.74) is 1.77. The molecule has 0 bridgehead atoms. The van der Waals surface area contributed by atoms with E-state index in [4.69, 9.17) is 21.7 Å². The summed E-state index contributed by atoms with van der Waals surface area (Å²) in [6, 6.07) is 15.1. The van der Waals surface area contributed by atoms with Gasteiger partial charge in [0, 0.05) is 17.4 Å². The zero-order valence-corrected chi connectivity index (χ0v) is 12.2. The van der Waals surface area contributed by atoms with E-state index in [2.05, 4.69) is 10.6 Å². The second-order valence-corrected chi connectivity index (χ2v) is 4.45. The molecule has 2 rings (SSSR count). The molecule has 0 aliphatic heterocycles. The van der Waals surface area contributed by atoms with Crippen molar-refractivity contribution in [3.05, 3.63) is 48.5 Å². The highest BCUT2D eigenvalue weighted by Crippen LogP contribution is 2.18. The fourth-order valence-corrected chi connectivity index (χ4v) is 1.90. The molecule has 0 fully saturated rings. The van der Waals surface area contributed by atoms with Crippen LogP contribution in [0.4, 0.5) is 11.4 Å². The number of benzene rings is 2. The van der Waals surface area contributed by atoms with Gasteiger partial charge in [-0.05, 0) is 48.6 Å². The standard InChI is InChI=1S/C15H16N2O2S/c1-18-13-8-6-11(7-9-13)16-15(20)17-12-4-3-5-14(10-12)19-2/h3-10H,1-2H3,(H2,16,17,20). The lowest BCUT2D eigenvalue weighted by Crippen LogP contribution is -2.18. The Morgan fingerprint density at radius 2 is 1.50 bits per heavy atom. The van der Waals surface area contributed by atoms with Crippen LogP contribution in [0.15, 0.2) is 48.5 Å². The summed E-state index contributed by atoms with van der Waals surface area (Å²) in [6.07, 6.45) is 0. The summed E-state index contributed by atoms with van der Waals surface area (Å²) < 4.78 is 10.3. The van der Waals surface area contributed by atoms with Gasteiger partial charge in [0.2, 0.25) is 0 Å². The molecule has 104 valence electrons. The van der Waals surface area contributed by atoms with E-state index >= 15 is 0 Å². The Morgan fingerprint density at radius 1 is 0.850 bits per heavy atom. The van der Waals surface area contributed by atoms with Crippen molar-refractivity contribution in [2.75, 3.05) is 24.9 Å². The van der Waals surface area contributed by atoms with Gasteiger partial charge in [0.15, 0.2) is 5.11 Å². The maximum absolute atomic E-state index is 5.26. The largest absolute Gasteiger partial charge is 0.497 e. The molecule has 20 heavy (non-hydrogen) atoms.